The second kappa shape index (κ2) is 9.07. The zero-order chi connectivity index (χ0) is 18.6. The van der Waals surface area contributed by atoms with Crippen molar-refractivity contribution in [3.63, 3.8) is 0 Å². The van der Waals surface area contributed by atoms with E-state index in [0.29, 0.717) is 25.3 Å². The van der Waals surface area contributed by atoms with Crippen LogP contribution in [0.15, 0.2) is 30.3 Å². The van der Waals surface area contributed by atoms with E-state index in [4.69, 9.17) is 0 Å². The Bertz CT molecular complexity index is 817. The van der Waals surface area contributed by atoms with Crippen molar-refractivity contribution < 1.29 is 9.59 Å². The van der Waals surface area contributed by atoms with Crippen LogP contribution in [-0.4, -0.2) is 52.7 Å². The first-order chi connectivity index (χ1) is 13.2. The van der Waals surface area contributed by atoms with Crippen molar-refractivity contribution in [3.8, 4) is 0 Å². The minimum absolute atomic E-state index is 0. The molecule has 4 N–H and O–H groups in total. The van der Waals surface area contributed by atoms with Crippen molar-refractivity contribution in [2.45, 2.75) is 31.8 Å². The van der Waals surface area contributed by atoms with Crippen molar-refractivity contribution >= 4 is 30.0 Å². The summed E-state index contributed by atoms with van der Waals surface area (Å²) in [5.41, 5.74) is 3.29. The molecule has 0 bridgehead atoms. The van der Waals surface area contributed by atoms with Gasteiger partial charge in [0.1, 0.15) is 0 Å². The Hall–Kier alpha value is -2.58. The third-order valence-electron chi connectivity index (χ3n) is 5.16. The highest BCUT2D eigenvalue weighted by molar-refractivity contribution is 5.94. The number of amides is 3. The van der Waals surface area contributed by atoms with Crippen LogP contribution in [0.4, 0.5) is 10.5 Å². The number of fused-ring (bicyclic) bond motifs is 1. The normalized spacial score (nSPS) is 16.6. The highest BCUT2D eigenvalue weighted by Crippen LogP contribution is 2.17. The number of aromatic amines is 1. The maximum absolute atomic E-state index is 12.6. The van der Waals surface area contributed by atoms with Gasteiger partial charge in [0, 0.05) is 55.6 Å². The second-order valence-electron chi connectivity index (χ2n) is 6.99. The quantitative estimate of drug-likeness (QED) is 0.627. The predicted octanol–water partition coefficient (Wildman–Crippen LogP) is 1.90. The summed E-state index contributed by atoms with van der Waals surface area (Å²) in [5, 5.41) is 16.4. The number of halogens is 1. The predicted molar refractivity (Wildman–Crippen MR) is 109 cm³/mol. The van der Waals surface area contributed by atoms with E-state index in [0.717, 1.165) is 42.8 Å². The number of carbonyl (C=O) groups is 2. The minimum atomic E-state index is -0.136. The summed E-state index contributed by atoms with van der Waals surface area (Å²) >= 11 is 0. The maximum atomic E-state index is 12.6. The summed E-state index contributed by atoms with van der Waals surface area (Å²) in [4.78, 5) is 26.7. The Labute approximate surface area is 169 Å². The van der Waals surface area contributed by atoms with Crippen LogP contribution in [0.3, 0.4) is 0 Å². The summed E-state index contributed by atoms with van der Waals surface area (Å²) < 4.78 is 0. The molecule has 3 amide bonds. The number of H-pyrrole nitrogens is 1. The average Bonchev–Trinajstić information content (AvgIpc) is 3.13. The lowest BCUT2D eigenvalue weighted by Crippen LogP contribution is -2.48. The number of aromatic nitrogens is 2. The first-order valence-electron chi connectivity index (χ1n) is 9.39. The third-order valence-corrected chi connectivity index (χ3v) is 5.16. The van der Waals surface area contributed by atoms with Gasteiger partial charge in [0.2, 0.25) is 0 Å². The lowest BCUT2D eigenvalue weighted by atomic mass is 10.0. The largest absolute Gasteiger partial charge is 0.348 e. The highest BCUT2D eigenvalue weighted by Gasteiger charge is 2.27. The number of para-hydroxylation sites is 1. The molecule has 1 fully saturated rings. The molecule has 8 nitrogen and oxygen atoms in total. The molecule has 28 heavy (non-hydrogen) atoms. The van der Waals surface area contributed by atoms with E-state index in [9.17, 15) is 9.59 Å². The molecule has 2 aliphatic heterocycles. The fourth-order valence-corrected chi connectivity index (χ4v) is 3.62. The van der Waals surface area contributed by atoms with Crippen LogP contribution in [0.25, 0.3) is 0 Å². The number of benzene rings is 1. The number of carbonyl (C=O) groups excluding carboxylic acids is 2. The molecule has 1 aromatic heterocycles. The van der Waals surface area contributed by atoms with Crippen LogP contribution >= 0.6 is 12.4 Å². The van der Waals surface area contributed by atoms with Crippen LogP contribution in [0.5, 0.6) is 0 Å². The van der Waals surface area contributed by atoms with E-state index in [-0.39, 0.29) is 30.4 Å². The molecule has 0 spiro atoms. The van der Waals surface area contributed by atoms with Gasteiger partial charge in [-0.3, -0.25) is 9.89 Å². The molecule has 9 heteroatoms. The zero-order valence-corrected chi connectivity index (χ0v) is 16.3. The molecule has 1 aromatic carbocycles. The number of hydrogen-bond donors (Lipinski definition) is 4. The summed E-state index contributed by atoms with van der Waals surface area (Å²) in [5.74, 6) is -0.136. The van der Waals surface area contributed by atoms with Gasteiger partial charge >= 0.3 is 6.03 Å². The van der Waals surface area contributed by atoms with Gasteiger partial charge in [0.25, 0.3) is 5.91 Å². The number of nitrogens with one attached hydrogen (secondary N) is 4. The zero-order valence-electron chi connectivity index (χ0n) is 15.5. The second-order valence-corrected chi connectivity index (χ2v) is 6.99. The van der Waals surface area contributed by atoms with Gasteiger partial charge in [-0.15, -0.1) is 12.4 Å². The number of likely N-dealkylation sites (tertiary alicyclic amines) is 1. The Morgan fingerprint density at radius 1 is 1.14 bits per heavy atom. The lowest BCUT2D eigenvalue weighted by Gasteiger charge is -2.32. The summed E-state index contributed by atoms with van der Waals surface area (Å²) in [6.07, 6.45) is 2.34. The van der Waals surface area contributed by atoms with Crippen molar-refractivity contribution in [1.82, 2.24) is 25.7 Å². The Balaban J connectivity index is 0.00000225. The summed E-state index contributed by atoms with van der Waals surface area (Å²) in [6.45, 7) is 2.81. The fraction of sp³-hybridized carbons (Fsp3) is 0.421. The number of hydrogen-bond acceptors (Lipinski definition) is 4. The highest BCUT2D eigenvalue weighted by atomic mass is 35.5. The van der Waals surface area contributed by atoms with Gasteiger partial charge in [0.15, 0.2) is 5.69 Å². The van der Waals surface area contributed by atoms with E-state index in [1.165, 1.54) is 0 Å². The van der Waals surface area contributed by atoms with E-state index >= 15 is 0 Å². The first kappa shape index (κ1) is 20.2. The molecule has 0 atom stereocenters. The molecule has 0 radical (unpaired) electrons. The average molecular weight is 405 g/mol. The van der Waals surface area contributed by atoms with Crippen LogP contribution < -0.4 is 16.0 Å². The molecule has 150 valence electrons. The Morgan fingerprint density at radius 2 is 1.89 bits per heavy atom. The van der Waals surface area contributed by atoms with Gasteiger partial charge in [-0.05, 0) is 25.0 Å². The molecule has 2 aliphatic rings. The summed E-state index contributed by atoms with van der Waals surface area (Å²) in [7, 11) is 0. The number of anilines is 1. The standard InChI is InChI=1S/C19H24N6O2.ClH/c26-18(17-15-12-20-9-6-16(15)23-24-17)21-14-7-10-25(11-8-14)19(27)22-13-4-2-1-3-5-13;/h1-5,14,20H,6-12H2,(H,21,26)(H,22,27)(H,23,24);1H. The fourth-order valence-electron chi connectivity index (χ4n) is 3.62. The maximum Gasteiger partial charge on any atom is 0.321 e. The van der Waals surface area contributed by atoms with Gasteiger partial charge in [0.05, 0.1) is 0 Å². The number of nitrogens with zero attached hydrogens (tertiary/aromatic N) is 2. The molecular weight excluding hydrogens is 380 g/mol. The van der Waals surface area contributed by atoms with Crippen LogP contribution in [0.1, 0.15) is 34.6 Å². The van der Waals surface area contributed by atoms with Crippen molar-refractivity contribution in [3.05, 3.63) is 47.3 Å². The van der Waals surface area contributed by atoms with Crippen LogP contribution in [-0.2, 0) is 13.0 Å². The molecule has 2 aromatic rings. The summed E-state index contributed by atoms with van der Waals surface area (Å²) in [6, 6.07) is 9.38. The third kappa shape index (κ3) is 4.45. The van der Waals surface area contributed by atoms with Crippen molar-refractivity contribution in [1.29, 1.82) is 0 Å². The van der Waals surface area contributed by atoms with E-state index < -0.39 is 0 Å². The molecule has 0 saturated carbocycles. The first-order valence-corrected chi connectivity index (χ1v) is 9.39. The topological polar surface area (TPSA) is 102 Å². The van der Waals surface area contributed by atoms with Crippen LogP contribution in [0.2, 0.25) is 0 Å². The van der Waals surface area contributed by atoms with Gasteiger partial charge in [-0.2, -0.15) is 5.10 Å². The monoisotopic (exact) mass is 404 g/mol. The SMILES string of the molecule is Cl.O=C(NC1CCN(C(=O)Nc2ccccc2)CC1)c1n[nH]c2c1CNCC2. The number of piperidine rings is 1. The van der Waals surface area contributed by atoms with Gasteiger partial charge in [-0.25, -0.2) is 4.79 Å². The van der Waals surface area contributed by atoms with Crippen LogP contribution in [0, 0.1) is 0 Å². The van der Waals surface area contributed by atoms with E-state index in [1.54, 1.807) is 4.90 Å². The molecule has 0 unspecified atom stereocenters. The number of urea groups is 1. The smallest absolute Gasteiger partial charge is 0.321 e. The molecular formula is C19H25ClN6O2. The van der Waals surface area contributed by atoms with Crippen molar-refractivity contribution in [2.75, 3.05) is 25.0 Å². The van der Waals surface area contributed by atoms with E-state index in [2.05, 4.69) is 26.1 Å². The van der Waals surface area contributed by atoms with E-state index in [1.807, 2.05) is 30.3 Å². The van der Waals surface area contributed by atoms with Crippen molar-refractivity contribution in [2.24, 2.45) is 0 Å². The molecule has 1 saturated heterocycles. The molecule has 0 aliphatic carbocycles. The molecule has 4 rings (SSSR count). The lowest BCUT2D eigenvalue weighted by molar-refractivity contribution is 0.0913. The number of rotatable bonds is 3. The molecule has 3 heterocycles. The van der Waals surface area contributed by atoms with Gasteiger partial charge < -0.3 is 20.9 Å². The Morgan fingerprint density at radius 3 is 2.64 bits per heavy atom. The minimum Gasteiger partial charge on any atom is -0.348 e. The van der Waals surface area contributed by atoms with Gasteiger partial charge in [-0.1, -0.05) is 18.2 Å². The Kier molecular flexibility index (Phi) is 6.53.